The molecule has 3 aromatic rings. The molecule has 0 aliphatic rings. The molecule has 0 bridgehead atoms. The molecule has 0 spiro atoms. The van der Waals surface area contributed by atoms with Crippen LogP contribution in [-0.4, -0.2) is 9.97 Å². The minimum Gasteiger partial charge on any atom is -0.380 e. The van der Waals surface area contributed by atoms with Gasteiger partial charge in [-0.3, -0.25) is 0 Å². The average molecular weight is 351 g/mol. The minimum absolute atomic E-state index is 0.740. The highest BCUT2D eigenvalue weighted by Gasteiger charge is 2.05. The van der Waals surface area contributed by atoms with Crippen LogP contribution in [0.3, 0.4) is 0 Å². The molecule has 0 saturated heterocycles. The number of aromatic amines is 1. The van der Waals surface area contributed by atoms with E-state index in [0.717, 1.165) is 32.9 Å². The lowest BCUT2D eigenvalue weighted by Crippen LogP contribution is -1.99. The van der Waals surface area contributed by atoms with Crippen molar-refractivity contribution in [3.05, 3.63) is 57.4 Å². The monoisotopic (exact) mass is 349 g/mol. The average Bonchev–Trinajstić information content (AvgIpc) is 2.82. The first-order valence-corrected chi connectivity index (χ1v) is 7.42. The summed E-state index contributed by atoms with van der Waals surface area (Å²) in [5, 5.41) is 5.31. The van der Waals surface area contributed by atoms with Gasteiger partial charge in [-0.05, 0) is 52.2 Å². The molecule has 102 valence electrons. The van der Waals surface area contributed by atoms with Crippen molar-refractivity contribution in [1.82, 2.24) is 9.97 Å². The lowest BCUT2D eigenvalue weighted by atomic mass is 10.2. The topological polar surface area (TPSA) is 40.7 Å². The third-order valence-electron chi connectivity index (χ3n) is 3.23. The highest BCUT2D eigenvalue weighted by Crippen LogP contribution is 2.23. The van der Waals surface area contributed by atoms with Crippen LogP contribution in [0.5, 0.6) is 0 Å². The smallest absolute Gasteiger partial charge is 0.109 e. The molecular formula is C15H13BrClN3. The van der Waals surface area contributed by atoms with Crippen LogP contribution >= 0.6 is 27.5 Å². The molecule has 3 nitrogen and oxygen atoms in total. The SMILES string of the molecule is Cc1cc(NCc2c[nH]c3cc(Cl)ccc23)cnc1Br. The predicted octanol–water partition coefficient (Wildman–Crippen LogP) is 4.90. The van der Waals surface area contributed by atoms with Gasteiger partial charge >= 0.3 is 0 Å². The van der Waals surface area contributed by atoms with Crippen LogP contribution in [0.15, 0.2) is 41.3 Å². The second-order valence-corrected chi connectivity index (χ2v) is 5.88. The Labute approximate surface area is 130 Å². The number of nitrogens with one attached hydrogen (secondary N) is 2. The molecule has 0 amide bonds. The third-order valence-corrected chi connectivity index (χ3v) is 4.29. The second kappa shape index (κ2) is 5.46. The van der Waals surface area contributed by atoms with Crippen LogP contribution in [0, 0.1) is 6.92 Å². The maximum atomic E-state index is 5.98. The summed E-state index contributed by atoms with van der Waals surface area (Å²) >= 11 is 9.39. The Bertz CT molecular complexity index is 767. The number of halogens is 2. The summed E-state index contributed by atoms with van der Waals surface area (Å²) in [5.74, 6) is 0. The van der Waals surface area contributed by atoms with E-state index in [0.29, 0.717) is 0 Å². The third kappa shape index (κ3) is 2.67. The van der Waals surface area contributed by atoms with E-state index in [2.05, 4.69) is 37.3 Å². The van der Waals surface area contributed by atoms with E-state index in [1.54, 1.807) is 0 Å². The number of aromatic nitrogens is 2. The second-order valence-electron chi connectivity index (χ2n) is 4.69. The van der Waals surface area contributed by atoms with Crippen LogP contribution in [0.2, 0.25) is 5.02 Å². The largest absolute Gasteiger partial charge is 0.380 e. The van der Waals surface area contributed by atoms with Crippen molar-refractivity contribution >= 4 is 44.1 Å². The lowest BCUT2D eigenvalue weighted by molar-refractivity contribution is 1.13. The Morgan fingerprint density at radius 3 is 3.00 bits per heavy atom. The maximum absolute atomic E-state index is 5.98. The van der Waals surface area contributed by atoms with Crippen molar-refractivity contribution in [2.75, 3.05) is 5.32 Å². The predicted molar refractivity (Wildman–Crippen MR) is 87.3 cm³/mol. The molecule has 0 atom stereocenters. The molecule has 2 N–H and O–H groups in total. The number of H-pyrrole nitrogens is 1. The first-order chi connectivity index (χ1) is 9.63. The number of benzene rings is 1. The van der Waals surface area contributed by atoms with Crippen molar-refractivity contribution in [2.24, 2.45) is 0 Å². The summed E-state index contributed by atoms with van der Waals surface area (Å²) in [6.45, 7) is 2.76. The van der Waals surface area contributed by atoms with Gasteiger partial charge in [-0.15, -0.1) is 0 Å². The van der Waals surface area contributed by atoms with Crippen LogP contribution in [0.25, 0.3) is 10.9 Å². The number of hydrogen-bond acceptors (Lipinski definition) is 2. The molecule has 0 radical (unpaired) electrons. The van der Waals surface area contributed by atoms with E-state index in [-0.39, 0.29) is 0 Å². The molecule has 2 aromatic heterocycles. The first kappa shape index (κ1) is 13.5. The zero-order valence-electron chi connectivity index (χ0n) is 10.9. The molecule has 1 aromatic carbocycles. The zero-order chi connectivity index (χ0) is 14.1. The maximum Gasteiger partial charge on any atom is 0.109 e. The van der Waals surface area contributed by atoms with Gasteiger partial charge in [0.25, 0.3) is 0 Å². The van der Waals surface area contributed by atoms with Gasteiger partial charge in [0.1, 0.15) is 4.60 Å². The molecule has 2 heterocycles. The Morgan fingerprint density at radius 2 is 2.20 bits per heavy atom. The summed E-state index contributed by atoms with van der Waals surface area (Å²) in [5.41, 5.74) is 4.38. The van der Waals surface area contributed by atoms with Gasteiger partial charge in [0.05, 0.1) is 11.9 Å². The van der Waals surface area contributed by atoms with E-state index >= 15 is 0 Å². The summed E-state index contributed by atoms with van der Waals surface area (Å²) < 4.78 is 0.879. The van der Waals surface area contributed by atoms with Gasteiger partial charge in [0, 0.05) is 28.7 Å². The van der Waals surface area contributed by atoms with Crippen LogP contribution < -0.4 is 5.32 Å². The number of aryl methyl sites for hydroxylation is 1. The highest BCUT2D eigenvalue weighted by atomic mass is 79.9. The van der Waals surface area contributed by atoms with E-state index in [1.807, 2.05) is 37.5 Å². The van der Waals surface area contributed by atoms with Crippen molar-refractivity contribution in [3.8, 4) is 0 Å². The molecule has 5 heteroatoms. The molecule has 0 aliphatic carbocycles. The zero-order valence-corrected chi connectivity index (χ0v) is 13.2. The summed E-state index contributed by atoms with van der Waals surface area (Å²) in [7, 11) is 0. The molecule has 0 aliphatic heterocycles. The summed E-state index contributed by atoms with van der Waals surface area (Å²) in [6.07, 6.45) is 3.83. The number of anilines is 1. The van der Waals surface area contributed by atoms with Gasteiger partial charge in [-0.25, -0.2) is 4.98 Å². The van der Waals surface area contributed by atoms with Crippen molar-refractivity contribution in [1.29, 1.82) is 0 Å². The van der Waals surface area contributed by atoms with Crippen LogP contribution in [0.1, 0.15) is 11.1 Å². The molecule has 20 heavy (non-hydrogen) atoms. The minimum atomic E-state index is 0.740. The number of rotatable bonds is 3. The normalized spacial score (nSPS) is 10.9. The Balaban J connectivity index is 1.81. The van der Waals surface area contributed by atoms with E-state index in [4.69, 9.17) is 11.6 Å². The number of pyridine rings is 1. The Kier molecular flexibility index (Phi) is 3.68. The van der Waals surface area contributed by atoms with E-state index < -0.39 is 0 Å². The van der Waals surface area contributed by atoms with Gasteiger partial charge in [-0.2, -0.15) is 0 Å². The fraction of sp³-hybridized carbons (Fsp3) is 0.133. The molecular weight excluding hydrogens is 338 g/mol. The van der Waals surface area contributed by atoms with E-state index in [1.165, 1.54) is 10.9 Å². The molecule has 0 fully saturated rings. The van der Waals surface area contributed by atoms with Gasteiger partial charge in [-0.1, -0.05) is 17.7 Å². The van der Waals surface area contributed by atoms with Gasteiger partial charge in [0.2, 0.25) is 0 Å². The Hall–Kier alpha value is -1.52. The molecule has 0 unspecified atom stereocenters. The lowest BCUT2D eigenvalue weighted by Gasteiger charge is -2.07. The summed E-state index contributed by atoms with van der Waals surface area (Å²) in [6, 6.07) is 7.96. The molecule has 3 rings (SSSR count). The first-order valence-electron chi connectivity index (χ1n) is 6.25. The fourth-order valence-electron chi connectivity index (χ4n) is 2.16. The standard InChI is InChI=1S/C15H13BrClN3/c1-9-4-12(8-20-15(9)16)18-6-10-7-19-14-5-11(17)2-3-13(10)14/h2-5,7-8,18-19H,6H2,1H3. The van der Waals surface area contributed by atoms with E-state index in [9.17, 15) is 0 Å². The molecule has 0 saturated carbocycles. The van der Waals surface area contributed by atoms with Crippen molar-refractivity contribution in [3.63, 3.8) is 0 Å². The number of fused-ring (bicyclic) bond motifs is 1. The van der Waals surface area contributed by atoms with Crippen LogP contribution in [0.4, 0.5) is 5.69 Å². The highest BCUT2D eigenvalue weighted by molar-refractivity contribution is 9.10. The summed E-state index contributed by atoms with van der Waals surface area (Å²) in [4.78, 5) is 7.52. The van der Waals surface area contributed by atoms with Gasteiger partial charge < -0.3 is 10.3 Å². The van der Waals surface area contributed by atoms with Crippen LogP contribution in [-0.2, 0) is 6.54 Å². The fourth-order valence-corrected chi connectivity index (χ4v) is 2.55. The number of nitrogens with zero attached hydrogens (tertiary/aromatic N) is 1. The van der Waals surface area contributed by atoms with Crippen molar-refractivity contribution < 1.29 is 0 Å². The Morgan fingerprint density at radius 1 is 1.35 bits per heavy atom. The number of hydrogen-bond donors (Lipinski definition) is 2. The van der Waals surface area contributed by atoms with Gasteiger partial charge in [0.15, 0.2) is 0 Å². The van der Waals surface area contributed by atoms with Crippen molar-refractivity contribution in [2.45, 2.75) is 13.5 Å². The quantitative estimate of drug-likeness (QED) is 0.660.